The highest BCUT2D eigenvalue weighted by molar-refractivity contribution is 7.89. The summed E-state index contributed by atoms with van der Waals surface area (Å²) in [5, 5.41) is 19.3. The van der Waals surface area contributed by atoms with Crippen molar-refractivity contribution < 1.29 is 18.2 Å². The number of amides is 1. The van der Waals surface area contributed by atoms with Crippen LogP contribution < -0.4 is 10.6 Å². The lowest BCUT2D eigenvalue weighted by molar-refractivity contribution is 0.0846. The van der Waals surface area contributed by atoms with Gasteiger partial charge in [0.25, 0.3) is 5.91 Å². The van der Waals surface area contributed by atoms with Crippen LogP contribution in [0.5, 0.6) is 0 Å². The van der Waals surface area contributed by atoms with Crippen molar-refractivity contribution in [2.45, 2.75) is 4.90 Å². The molecule has 3 rings (SSSR count). The fraction of sp³-hybridized carbons (Fsp3) is 0. The van der Waals surface area contributed by atoms with Crippen molar-refractivity contribution in [2.24, 2.45) is 10.2 Å². The van der Waals surface area contributed by atoms with Crippen LogP contribution in [-0.4, -0.2) is 37.5 Å². The molecule has 0 saturated heterocycles. The standard InChI is InChI=1S/C14H12BN3O4S/c16-23(21,22)12-7-5-10(6-8-12)14(19)18-15(20)13-4-2-1-3-11(13)9-17-18/h1-9,20H,(H2,16,21,22). The Morgan fingerprint density at radius 2 is 1.78 bits per heavy atom. The highest BCUT2D eigenvalue weighted by Gasteiger charge is 2.33. The van der Waals surface area contributed by atoms with Crippen LogP contribution in [0.2, 0.25) is 0 Å². The molecule has 0 spiro atoms. The van der Waals surface area contributed by atoms with E-state index in [2.05, 4.69) is 5.10 Å². The first-order chi connectivity index (χ1) is 10.9. The SMILES string of the molecule is NS(=O)(=O)c1ccc(C(=O)N2N=Cc3ccccc3B2O)cc1. The second-order valence-corrected chi connectivity index (χ2v) is 6.53. The van der Waals surface area contributed by atoms with Gasteiger partial charge in [0.15, 0.2) is 0 Å². The van der Waals surface area contributed by atoms with Crippen LogP contribution in [0.25, 0.3) is 0 Å². The van der Waals surface area contributed by atoms with Gasteiger partial charge in [-0.25, -0.2) is 18.5 Å². The minimum atomic E-state index is -3.82. The van der Waals surface area contributed by atoms with Gasteiger partial charge in [0.1, 0.15) is 0 Å². The maximum absolute atomic E-state index is 12.5. The summed E-state index contributed by atoms with van der Waals surface area (Å²) in [5.41, 5.74) is 1.48. The molecule has 0 radical (unpaired) electrons. The third kappa shape index (κ3) is 2.89. The zero-order valence-electron chi connectivity index (χ0n) is 11.8. The Labute approximate surface area is 133 Å². The predicted octanol–water partition coefficient (Wildman–Crippen LogP) is -0.489. The maximum Gasteiger partial charge on any atom is 0.474 e. The van der Waals surface area contributed by atoms with E-state index in [9.17, 15) is 18.2 Å². The van der Waals surface area contributed by atoms with E-state index in [1.54, 1.807) is 24.3 Å². The summed E-state index contributed by atoms with van der Waals surface area (Å²) in [7, 11) is -5.03. The Kier molecular flexibility index (Phi) is 3.76. The first kappa shape index (κ1) is 15.4. The quantitative estimate of drug-likeness (QED) is 0.724. The normalized spacial score (nSPS) is 13.8. The number of sulfonamides is 1. The number of hydrazone groups is 1. The minimum Gasteiger partial charge on any atom is -0.427 e. The average Bonchev–Trinajstić information content (AvgIpc) is 2.54. The van der Waals surface area contributed by atoms with E-state index in [0.717, 1.165) is 10.5 Å². The fourth-order valence-corrected chi connectivity index (χ4v) is 2.78. The molecule has 0 fully saturated rings. The predicted molar refractivity (Wildman–Crippen MR) is 85.6 cm³/mol. The van der Waals surface area contributed by atoms with Crippen molar-refractivity contribution in [3.05, 3.63) is 59.7 Å². The fourth-order valence-electron chi connectivity index (χ4n) is 2.27. The molecule has 2 aromatic carbocycles. The first-order valence-corrected chi connectivity index (χ1v) is 8.20. The minimum absolute atomic E-state index is 0.0953. The third-order valence-electron chi connectivity index (χ3n) is 3.46. The summed E-state index contributed by atoms with van der Waals surface area (Å²) < 4.78 is 22.4. The molecule has 0 saturated carbocycles. The van der Waals surface area contributed by atoms with E-state index >= 15 is 0 Å². The molecule has 1 heterocycles. The first-order valence-electron chi connectivity index (χ1n) is 6.65. The van der Waals surface area contributed by atoms with Crippen LogP contribution in [0.1, 0.15) is 15.9 Å². The van der Waals surface area contributed by atoms with Gasteiger partial charge in [-0.15, -0.1) is 0 Å². The molecule has 2 aromatic rings. The molecule has 9 heteroatoms. The molecule has 23 heavy (non-hydrogen) atoms. The van der Waals surface area contributed by atoms with Gasteiger partial charge in [-0.1, -0.05) is 24.3 Å². The van der Waals surface area contributed by atoms with Crippen molar-refractivity contribution in [3.63, 3.8) is 0 Å². The van der Waals surface area contributed by atoms with Crippen LogP contribution in [-0.2, 0) is 10.0 Å². The van der Waals surface area contributed by atoms with Crippen LogP contribution in [0, 0.1) is 0 Å². The lowest BCUT2D eigenvalue weighted by Gasteiger charge is -2.24. The van der Waals surface area contributed by atoms with Crippen molar-refractivity contribution in [3.8, 4) is 0 Å². The molecular formula is C14H12BN3O4S. The summed E-state index contributed by atoms with van der Waals surface area (Å²) in [6.45, 7) is 0. The number of rotatable bonds is 2. The molecule has 0 bridgehead atoms. The van der Waals surface area contributed by atoms with E-state index in [0.29, 0.717) is 5.46 Å². The van der Waals surface area contributed by atoms with Crippen molar-refractivity contribution in [1.82, 2.24) is 4.92 Å². The van der Waals surface area contributed by atoms with Crippen LogP contribution in [0.3, 0.4) is 0 Å². The number of carbonyl (C=O) groups is 1. The molecule has 0 atom stereocenters. The van der Waals surface area contributed by atoms with Crippen molar-refractivity contribution in [1.29, 1.82) is 0 Å². The molecule has 116 valence electrons. The highest BCUT2D eigenvalue weighted by Crippen LogP contribution is 2.14. The lowest BCUT2D eigenvalue weighted by Crippen LogP contribution is -2.52. The smallest absolute Gasteiger partial charge is 0.427 e. The summed E-state index contributed by atoms with van der Waals surface area (Å²) in [4.78, 5) is 13.3. The largest absolute Gasteiger partial charge is 0.474 e. The number of benzene rings is 2. The van der Waals surface area contributed by atoms with Crippen LogP contribution in [0.4, 0.5) is 0 Å². The molecule has 0 aliphatic carbocycles. The van der Waals surface area contributed by atoms with Crippen molar-refractivity contribution >= 4 is 34.7 Å². The number of carbonyl (C=O) groups excluding carboxylic acids is 1. The molecule has 3 N–H and O–H groups in total. The Balaban J connectivity index is 1.90. The van der Waals surface area contributed by atoms with E-state index in [1.165, 1.54) is 30.5 Å². The number of hydrogen-bond acceptors (Lipinski definition) is 5. The van der Waals surface area contributed by atoms with E-state index < -0.39 is 23.0 Å². The van der Waals surface area contributed by atoms with Crippen LogP contribution >= 0.6 is 0 Å². The van der Waals surface area contributed by atoms with E-state index in [-0.39, 0.29) is 10.5 Å². The van der Waals surface area contributed by atoms with Gasteiger partial charge in [0, 0.05) is 5.56 Å². The average molecular weight is 329 g/mol. The third-order valence-corrected chi connectivity index (χ3v) is 4.39. The number of hydrogen-bond donors (Lipinski definition) is 2. The summed E-state index contributed by atoms with van der Waals surface area (Å²) in [6, 6.07) is 12.2. The maximum atomic E-state index is 12.5. The van der Waals surface area contributed by atoms with Gasteiger partial charge in [-0.05, 0) is 35.3 Å². The molecule has 0 aromatic heterocycles. The molecular weight excluding hydrogens is 317 g/mol. The topological polar surface area (TPSA) is 113 Å². The van der Waals surface area contributed by atoms with E-state index in [1.807, 2.05) is 0 Å². The Morgan fingerprint density at radius 1 is 1.13 bits per heavy atom. The number of primary sulfonamides is 1. The van der Waals surface area contributed by atoms with Gasteiger partial charge >= 0.3 is 7.05 Å². The van der Waals surface area contributed by atoms with E-state index in [4.69, 9.17) is 5.14 Å². The second-order valence-electron chi connectivity index (χ2n) is 4.97. The molecule has 0 unspecified atom stereocenters. The molecule has 1 aliphatic heterocycles. The molecule has 1 amide bonds. The van der Waals surface area contributed by atoms with Gasteiger partial charge in [-0.2, -0.15) is 5.10 Å². The lowest BCUT2D eigenvalue weighted by atomic mass is 9.69. The molecule has 1 aliphatic rings. The summed E-state index contributed by atoms with van der Waals surface area (Å²) in [5.74, 6) is -0.552. The summed E-state index contributed by atoms with van der Waals surface area (Å²) >= 11 is 0. The van der Waals surface area contributed by atoms with Crippen LogP contribution in [0.15, 0.2) is 58.5 Å². The monoisotopic (exact) mass is 329 g/mol. The molecule has 7 nitrogen and oxygen atoms in total. The zero-order valence-corrected chi connectivity index (χ0v) is 12.6. The van der Waals surface area contributed by atoms with Gasteiger partial charge in [0.2, 0.25) is 10.0 Å². The van der Waals surface area contributed by atoms with Gasteiger partial charge < -0.3 is 5.02 Å². The second kappa shape index (κ2) is 5.62. The Morgan fingerprint density at radius 3 is 2.43 bits per heavy atom. The van der Waals surface area contributed by atoms with Gasteiger partial charge in [-0.3, -0.25) is 4.79 Å². The Bertz CT molecular complexity index is 896. The number of nitrogens with two attached hydrogens (primary N) is 1. The number of nitrogens with zero attached hydrogens (tertiary/aromatic N) is 2. The van der Waals surface area contributed by atoms with Gasteiger partial charge in [0.05, 0.1) is 11.1 Å². The Hall–Kier alpha value is -2.49. The van der Waals surface area contributed by atoms with Crippen molar-refractivity contribution in [2.75, 3.05) is 0 Å². The summed E-state index contributed by atoms with van der Waals surface area (Å²) in [6.07, 6.45) is 1.48. The number of fused-ring (bicyclic) bond motifs is 1. The highest BCUT2D eigenvalue weighted by atomic mass is 32.2. The zero-order chi connectivity index (χ0) is 16.6.